The third-order valence-corrected chi connectivity index (χ3v) is 4.35. The number of halogens is 1. The molecule has 0 spiro atoms. The standard InChI is InChI=1S/C19H13BrN4O5/c20-13-4-7-19(25)12(8-13)11-21-14-2-1-3-15(9-14)22-17-6-5-16(23(26)27)10-18(17)24(28)29/h1-11,22,25H. The molecular weight excluding hydrogens is 444 g/mol. The molecule has 29 heavy (non-hydrogen) atoms. The van der Waals surface area contributed by atoms with Crippen LogP contribution in [0, 0.1) is 20.2 Å². The summed E-state index contributed by atoms with van der Waals surface area (Å²) < 4.78 is 0.789. The minimum Gasteiger partial charge on any atom is -0.507 e. The number of nitrogens with one attached hydrogen (secondary N) is 1. The van der Waals surface area contributed by atoms with Gasteiger partial charge in [0.15, 0.2) is 0 Å². The molecule has 0 heterocycles. The fraction of sp³-hybridized carbons (Fsp3) is 0. The van der Waals surface area contributed by atoms with Gasteiger partial charge in [0.1, 0.15) is 11.4 Å². The summed E-state index contributed by atoms with van der Waals surface area (Å²) in [4.78, 5) is 25.0. The van der Waals surface area contributed by atoms with E-state index in [1.807, 2.05) is 0 Å². The SMILES string of the molecule is O=[N+]([O-])c1ccc(Nc2cccc(N=Cc3cc(Br)ccc3O)c2)c([N+](=O)[O-])c1. The summed E-state index contributed by atoms with van der Waals surface area (Å²) >= 11 is 3.32. The molecule has 0 atom stereocenters. The molecule has 0 aliphatic rings. The van der Waals surface area contributed by atoms with E-state index < -0.39 is 15.5 Å². The van der Waals surface area contributed by atoms with Crippen molar-refractivity contribution in [3.05, 3.63) is 90.9 Å². The number of phenolic OH excluding ortho intramolecular Hbond substituents is 1. The predicted octanol–water partition coefficient (Wildman–Crippen LogP) is 5.47. The van der Waals surface area contributed by atoms with E-state index in [-0.39, 0.29) is 17.1 Å². The number of nitrogens with zero attached hydrogens (tertiary/aromatic N) is 3. The molecule has 0 unspecified atom stereocenters. The summed E-state index contributed by atoms with van der Waals surface area (Å²) in [5, 5.41) is 34.9. The number of nitro groups is 2. The van der Waals surface area contributed by atoms with E-state index in [1.54, 1.807) is 36.4 Å². The van der Waals surface area contributed by atoms with Gasteiger partial charge < -0.3 is 10.4 Å². The van der Waals surface area contributed by atoms with E-state index >= 15 is 0 Å². The molecule has 0 fully saturated rings. The van der Waals surface area contributed by atoms with Crippen molar-refractivity contribution >= 4 is 50.6 Å². The van der Waals surface area contributed by atoms with Crippen molar-refractivity contribution in [1.82, 2.24) is 0 Å². The zero-order valence-corrected chi connectivity index (χ0v) is 16.2. The lowest BCUT2D eigenvalue weighted by Crippen LogP contribution is -1.98. The van der Waals surface area contributed by atoms with Gasteiger partial charge in [0.2, 0.25) is 0 Å². The van der Waals surface area contributed by atoms with Gasteiger partial charge in [0.05, 0.1) is 21.6 Å². The van der Waals surface area contributed by atoms with Crippen molar-refractivity contribution in [2.45, 2.75) is 0 Å². The second-order valence-corrected chi connectivity index (χ2v) is 6.77. The molecule has 3 aromatic carbocycles. The summed E-state index contributed by atoms with van der Waals surface area (Å²) in [6.07, 6.45) is 1.49. The number of non-ortho nitro benzene ring substituents is 1. The molecule has 0 aromatic heterocycles. The van der Waals surface area contributed by atoms with Crippen molar-refractivity contribution in [2.75, 3.05) is 5.32 Å². The highest BCUT2D eigenvalue weighted by molar-refractivity contribution is 9.10. The lowest BCUT2D eigenvalue weighted by molar-refractivity contribution is -0.393. The Morgan fingerprint density at radius 3 is 2.52 bits per heavy atom. The van der Waals surface area contributed by atoms with Gasteiger partial charge in [-0.05, 0) is 42.5 Å². The van der Waals surface area contributed by atoms with Crippen LogP contribution in [0.4, 0.5) is 28.4 Å². The molecule has 0 bridgehead atoms. The molecule has 0 radical (unpaired) electrons. The first-order valence-electron chi connectivity index (χ1n) is 8.16. The summed E-state index contributed by atoms with van der Waals surface area (Å²) in [5.74, 6) is 0.0766. The number of rotatable bonds is 6. The fourth-order valence-corrected chi connectivity index (χ4v) is 2.86. The van der Waals surface area contributed by atoms with Crippen LogP contribution in [0.5, 0.6) is 5.75 Å². The van der Waals surface area contributed by atoms with Gasteiger partial charge in [-0.15, -0.1) is 0 Å². The van der Waals surface area contributed by atoms with Crippen LogP contribution in [0.2, 0.25) is 0 Å². The number of nitro benzene ring substituents is 2. The highest BCUT2D eigenvalue weighted by Crippen LogP contribution is 2.32. The highest BCUT2D eigenvalue weighted by Gasteiger charge is 2.19. The van der Waals surface area contributed by atoms with Crippen molar-refractivity contribution < 1.29 is 15.0 Å². The Kier molecular flexibility index (Phi) is 5.84. The lowest BCUT2D eigenvalue weighted by Gasteiger charge is -2.08. The first-order chi connectivity index (χ1) is 13.8. The number of benzene rings is 3. The Balaban J connectivity index is 1.87. The van der Waals surface area contributed by atoms with Crippen LogP contribution in [0.25, 0.3) is 0 Å². The monoisotopic (exact) mass is 456 g/mol. The molecule has 2 N–H and O–H groups in total. The zero-order chi connectivity index (χ0) is 21.0. The second kappa shape index (κ2) is 8.48. The van der Waals surface area contributed by atoms with Crippen LogP contribution < -0.4 is 5.32 Å². The number of anilines is 2. The largest absolute Gasteiger partial charge is 0.507 e. The summed E-state index contributed by atoms with van der Waals surface area (Å²) in [5.41, 5.74) is 0.908. The molecule has 10 heteroatoms. The third kappa shape index (κ3) is 4.93. The predicted molar refractivity (Wildman–Crippen MR) is 113 cm³/mol. The number of phenols is 1. The highest BCUT2D eigenvalue weighted by atomic mass is 79.9. The maximum Gasteiger partial charge on any atom is 0.299 e. The topological polar surface area (TPSA) is 131 Å². The molecule has 0 saturated carbocycles. The van der Waals surface area contributed by atoms with E-state index in [2.05, 4.69) is 26.2 Å². The molecule has 9 nitrogen and oxygen atoms in total. The number of aliphatic imine (C=N–C) groups is 1. The fourth-order valence-electron chi connectivity index (χ4n) is 2.48. The summed E-state index contributed by atoms with van der Waals surface area (Å²) in [6.45, 7) is 0. The van der Waals surface area contributed by atoms with Gasteiger partial charge in [0, 0.05) is 28.0 Å². The van der Waals surface area contributed by atoms with E-state index in [0.717, 1.165) is 10.5 Å². The normalized spacial score (nSPS) is 10.8. The molecule has 0 amide bonds. The molecule has 0 aliphatic heterocycles. The van der Waals surface area contributed by atoms with Crippen LogP contribution in [0.1, 0.15) is 5.56 Å². The third-order valence-electron chi connectivity index (χ3n) is 3.86. The van der Waals surface area contributed by atoms with Gasteiger partial charge in [-0.25, -0.2) is 0 Å². The first-order valence-corrected chi connectivity index (χ1v) is 8.95. The maximum atomic E-state index is 11.3. The Labute approximate surface area is 172 Å². The Morgan fingerprint density at radius 2 is 1.79 bits per heavy atom. The minimum absolute atomic E-state index is 0.0766. The summed E-state index contributed by atoms with van der Waals surface area (Å²) in [6, 6.07) is 15.1. The molecule has 3 aromatic rings. The average Bonchev–Trinajstić information content (AvgIpc) is 2.69. The maximum absolute atomic E-state index is 11.3. The zero-order valence-electron chi connectivity index (χ0n) is 14.7. The quantitative estimate of drug-likeness (QED) is 0.287. The van der Waals surface area contributed by atoms with Gasteiger partial charge in [-0.3, -0.25) is 25.2 Å². The first kappa shape index (κ1) is 20.0. The van der Waals surface area contributed by atoms with Crippen molar-refractivity contribution in [2.24, 2.45) is 4.99 Å². The summed E-state index contributed by atoms with van der Waals surface area (Å²) in [7, 11) is 0. The number of hydrogen-bond acceptors (Lipinski definition) is 7. The van der Waals surface area contributed by atoms with E-state index in [0.29, 0.717) is 16.9 Å². The minimum atomic E-state index is -0.691. The molecule has 146 valence electrons. The molecular formula is C19H13BrN4O5. The smallest absolute Gasteiger partial charge is 0.299 e. The van der Waals surface area contributed by atoms with Gasteiger partial charge in [-0.1, -0.05) is 22.0 Å². The molecule has 0 saturated heterocycles. The van der Waals surface area contributed by atoms with Gasteiger partial charge in [-0.2, -0.15) is 0 Å². The Hall–Kier alpha value is -3.79. The number of hydrogen-bond donors (Lipinski definition) is 2. The lowest BCUT2D eigenvalue weighted by atomic mass is 10.2. The van der Waals surface area contributed by atoms with Crippen LogP contribution in [-0.2, 0) is 0 Å². The van der Waals surface area contributed by atoms with Crippen LogP contribution in [0.15, 0.2) is 70.1 Å². The molecule has 0 aliphatic carbocycles. The average molecular weight is 457 g/mol. The van der Waals surface area contributed by atoms with Gasteiger partial charge >= 0.3 is 0 Å². The van der Waals surface area contributed by atoms with Crippen LogP contribution in [0.3, 0.4) is 0 Å². The van der Waals surface area contributed by atoms with Crippen LogP contribution >= 0.6 is 15.9 Å². The van der Waals surface area contributed by atoms with Crippen molar-refractivity contribution in [3.8, 4) is 5.75 Å². The van der Waals surface area contributed by atoms with Crippen molar-refractivity contribution in [1.29, 1.82) is 0 Å². The van der Waals surface area contributed by atoms with Gasteiger partial charge in [0.25, 0.3) is 11.4 Å². The molecule has 3 rings (SSSR count). The van der Waals surface area contributed by atoms with E-state index in [4.69, 9.17) is 0 Å². The Morgan fingerprint density at radius 1 is 1.00 bits per heavy atom. The number of aromatic hydroxyl groups is 1. The van der Waals surface area contributed by atoms with E-state index in [9.17, 15) is 25.3 Å². The van der Waals surface area contributed by atoms with E-state index in [1.165, 1.54) is 24.4 Å². The van der Waals surface area contributed by atoms with Crippen LogP contribution in [-0.4, -0.2) is 21.2 Å². The Bertz CT molecular complexity index is 1130. The van der Waals surface area contributed by atoms with Crippen molar-refractivity contribution in [3.63, 3.8) is 0 Å². The second-order valence-electron chi connectivity index (χ2n) is 5.85.